The molecular formula is C17H23NO4. The molecule has 1 fully saturated rings. The number of carbonyl (C=O) groups is 2. The van der Waals surface area contributed by atoms with Crippen molar-refractivity contribution in [3.05, 3.63) is 29.3 Å². The van der Waals surface area contributed by atoms with Crippen LogP contribution in [0, 0.1) is 18.8 Å². The van der Waals surface area contributed by atoms with Gasteiger partial charge in [-0.2, -0.15) is 0 Å². The molecule has 5 nitrogen and oxygen atoms in total. The molecule has 22 heavy (non-hydrogen) atoms. The zero-order chi connectivity index (χ0) is 16.3. The van der Waals surface area contributed by atoms with Gasteiger partial charge < -0.3 is 14.7 Å². The highest BCUT2D eigenvalue weighted by molar-refractivity contribution is 5.93. The average molecular weight is 305 g/mol. The van der Waals surface area contributed by atoms with Crippen molar-refractivity contribution < 1.29 is 19.4 Å². The van der Waals surface area contributed by atoms with Crippen LogP contribution in [0.25, 0.3) is 0 Å². The van der Waals surface area contributed by atoms with Gasteiger partial charge in [-0.05, 0) is 42.9 Å². The van der Waals surface area contributed by atoms with Crippen molar-refractivity contribution in [2.45, 2.75) is 27.2 Å². The number of esters is 1. The van der Waals surface area contributed by atoms with Gasteiger partial charge in [0.15, 0.2) is 6.61 Å². The number of nitrogens with zero attached hydrogens (tertiary/aromatic N) is 1. The fraction of sp³-hybridized carbons (Fsp3) is 0.529. The zero-order valence-corrected chi connectivity index (χ0v) is 13.3. The van der Waals surface area contributed by atoms with Crippen LogP contribution in [-0.4, -0.2) is 41.6 Å². The molecule has 0 spiro atoms. The molecule has 2 atom stereocenters. The third-order valence-corrected chi connectivity index (χ3v) is 3.92. The molecule has 0 aliphatic carbocycles. The van der Waals surface area contributed by atoms with Gasteiger partial charge in [0.1, 0.15) is 11.3 Å². The quantitative estimate of drug-likeness (QED) is 0.871. The molecule has 1 aliphatic rings. The normalized spacial score (nSPS) is 21.5. The van der Waals surface area contributed by atoms with Crippen molar-refractivity contribution in [2.24, 2.45) is 11.8 Å². The Kier molecular flexibility index (Phi) is 5.06. The second-order valence-corrected chi connectivity index (χ2v) is 6.34. The van der Waals surface area contributed by atoms with Crippen LogP contribution in [-0.2, 0) is 9.53 Å². The van der Waals surface area contributed by atoms with E-state index in [0.29, 0.717) is 24.9 Å². The minimum absolute atomic E-state index is 0.0822. The van der Waals surface area contributed by atoms with Crippen molar-refractivity contribution in [2.75, 3.05) is 19.7 Å². The third kappa shape index (κ3) is 4.00. The Morgan fingerprint density at radius 1 is 1.27 bits per heavy atom. The van der Waals surface area contributed by atoms with E-state index in [0.717, 1.165) is 12.0 Å². The molecule has 1 aromatic rings. The Balaban J connectivity index is 1.91. The number of aryl methyl sites for hydroxylation is 1. The van der Waals surface area contributed by atoms with Gasteiger partial charge in [0.25, 0.3) is 5.91 Å². The lowest BCUT2D eigenvalue weighted by atomic mass is 9.92. The summed E-state index contributed by atoms with van der Waals surface area (Å²) < 4.78 is 5.04. The van der Waals surface area contributed by atoms with Gasteiger partial charge in [-0.25, -0.2) is 4.79 Å². The van der Waals surface area contributed by atoms with E-state index < -0.39 is 5.97 Å². The number of carbonyl (C=O) groups excluding carboxylic acids is 2. The molecule has 0 radical (unpaired) electrons. The van der Waals surface area contributed by atoms with Crippen LogP contribution >= 0.6 is 0 Å². The number of benzene rings is 1. The van der Waals surface area contributed by atoms with Crippen LogP contribution in [0.5, 0.6) is 5.75 Å². The van der Waals surface area contributed by atoms with E-state index >= 15 is 0 Å². The van der Waals surface area contributed by atoms with Gasteiger partial charge in [-0.1, -0.05) is 19.9 Å². The van der Waals surface area contributed by atoms with E-state index in [-0.39, 0.29) is 23.8 Å². The smallest absolute Gasteiger partial charge is 0.342 e. The van der Waals surface area contributed by atoms with E-state index in [4.69, 9.17) is 4.74 Å². The molecule has 1 aromatic carbocycles. The second-order valence-electron chi connectivity index (χ2n) is 6.34. The van der Waals surface area contributed by atoms with Crippen LogP contribution in [0.2, 0.25) is 0 Å². The van der Waals surface area contributed by atoms with Crippen molar-refractivity contribution in [3.63, 3.8) is 0 Å². The Morgan fingerprint density at radius 3 is 2.50 bits per heavy atom. The van der Waals surface area contributed by atoms with E-state index in [1.165, 1.54) is 12.1 Å². The van der Waals surface area contributed by atoms with E-state index in [9.17, 15) is 14.7 Å². The average Bonchev–Trinajstić information content (AvgIpc) is 2.43. The summed E-state index contributed by atoms with van der Waals surface area (Å²) in [7, 11) is 0. The highest BCUT2D eigenvalue weighted by Gasteiger charge is 2.26. The molecule has 120 valence electrons. The molecule has 1 heterocycles. The van der Waals surface area contributed by atoms with Gasteiger partial charge in [0.2, 0.25) is 0 Å². The van der Waals surface area contributed by atoms with Crippen LogP contribution in [0.4, 0.5) is 0 Å². The fourth-order valence-electron chi connectivity index (χ4n) is 2.98. The summed E-state index contributed by atoms with van der Waals surface area (Å²) in [5, 5.41) is 9.75. The van der Waals surface area contributed by atoms with E-state index in [1.54, 1.807) is 11.0 Å². The number of phenolic OH excluding ortho intramolecular Hbond substituents is 1. The van der Waals surface area contributed by atoms with Crippen molar-refractivity contribution >= 4 is 11.9 Å². The SMILES string of the molecule is Cc1ccc(C(=O)OCC(=O)N2C[C@H](C)C[C@H](C)C2)c(O)c1. The summed E-state index contributed by atoms with van der Waals surface area (Å²) in [4.78, 5) is 25.8. The summed E-state index contributed by atoms with van der Waals surface area (Å²) in [6, 6.07) is 4.71. The number of amides is 1. The highest BCUT2D eigenvalue weighted by Crippen LogP contribution is 2.22. The highest BCUT2D eigenvalue weighted by atomic mass is 16.5. The van der Waals surface area contributed by atoms with Crippen LogP contribution < -0.4 is 0 Å². The molecule has 5 heteroatoms. The minimum atomic E-state index is -0.677. The molecule has 1 amide bonds. The topological polar surface area (TPSA) is 66.8 Å². The summed E-state index contributed by atoms with van der Waals surface area (Å²) in [6.07, 6.45) is 1.11. The number of hydrogen-bond acceptors (Lipinski definition) is 4. The molecular weight excluding hydrogens is 282 g/mol. The van der Waals surface area contributed by atoms with Gasteiger partial charge >= 0.3 is 5.97 Å². The van der Waals surface area contributed by atoms with Crippen LogP contribution in [0.1, 0.15) is 36.2 Å². The maximum Gasteiger partial charge on any atom is 0.342 e. The molecule has 0 unspecified atom stereocenters. The van der Waals surface area contributed by atoms with Gasteiger partial charge in [-0.15, -0.1) is 0 Å². The second kappa shape index (κ2) is 6.81. The number of ether oxygens (including phenoxy) is 1. The largest absolute Gasteiger partial charge is 0.507 e. The minimum Gasteiger partial charge on any atom is -0.507 e. The van der Waals surface area contributed by atoms with Crippen molar-refractivity contribution in [3.8, 4) is 5.75 Å². The standard InChI is InChI=1S/C17H23NO4/c1-11-4-5-14(15(19)7-11)17(21)22-10-16(20)18-8-12(2)6-13(3)9-18/h4-5,7,12-13,19H,6,8-10H2,1-3H3/t12-,13+. The molecule has 1 N–H and O–H groups in total. The van der Waals surface area contributed by atoms with Gasteiger partial charge in [-0.3, -0.25) is 4.79 Å². The van der Waals surface area contributed by atoms with Gasteiger partial charge in [0.05, 0.1) is 0 Å². The summed E-state index contributed by atoms with van der Waals surface area (Å²) in [5.74, 6) is -0.0611. The lowest BCUT2D eigenvalue weighted by molar-refractivity contribution is -0.137. The Hall–Kier alpha value is -2.04. The summed E-state index contributed by atoms with van der Waals surface area (Å²) >= 11 is 0. The molecule has 0 saturated carbocycles. The number of rotatable bonds is 3. The van der Waals surface area contributed by atoms with Crippen molar-refractivity contribution in [1.82, 2.24) is 4.90 Å². The first kappa shape index (κ1) is 16.3. The Labute approximate surface area is 130 Å². The Bertz CT molecular complexity index is 560. The number of aromatic hydroxyl groups is 1. The first-order chi connectivity index (χ1) is 10.4. The van der Waals surface area contributed by atoms with Gasteiger partial charge in [0, 0.05) is 13.1 Å². The molecule has 1 saturated heterocycles. The zero-order valence-electron chi connectivity index (χ0n) is 13.3. The third-order valence-electron chi connectivity index (χ3n) is 3.92. The number of phenols is 1. The van der Waals surface area contributed by atoms with Crippen LogP contribution in [0.15, 0.2) is 18.2 Å². The first-order valence-electron chi connectivity index (χ1n) is 7.61. The fourth-order valence-corrected chi connectivity index (χ4v) is 2.98. The monoisotopic (exact) mass is 305 g/mol. The molecule has 1 aliphatic heterocycles. The van der Waals surface area contributed by atoms with Crippen molar-refractivity contribution in [1.29, 1.82) is 0 Å². The maximum absolute atomic E-state index is 12.2. The lowest BCUT2D eigenvalue weighted by Crippen LogP contribution is -2.44. The number of piperidine rings is 1. The first-order valence-corrected chi connectivity index (χ1v) is 7.61. The number of likely N-dealkylation sites (tertiary alicyclic amines) is 1. The predicted octanol–water partition coefficient (Wildman–Crippen LogP) is 2.36. The van der Waals surface area contributed by atoms with E-state index in [1.807, 2.05) is 6.92 Å². The lowest BCUT2D eigenvalue weighted by Gasteiger charge is -2.34. The summed E-state index contributed by atoms with van der Waals surface area (Å²) in [5.41, 5.74) is 0.931. The molecule has 0 bridgehead atoms. The summed E-state index contributed by atoms with van der Waals surface area (Å²) in [6.45, 7) is 7.17. The van der Waals surface area contributed by atoms with E-state index in [2.05, 4.69) is 13.8 Å². The molecule has 2 rings (SSSR count). The van der Waals surface area contributed by atoms with Crippen LogP contribution in [0.3, 0.4) is 0 Å². The number of hydrogen-bond donors (Lipinski definition) is 1. The Morgan fingerprint density at radius 2 is 1.91 bits per heavy atom. The maximum atomic E-state index is 12.2. The predicted molar refractivity (Wildman–Crippen MR) is 82.7 cm³/mol. The molecule has 0 aromatic heterocycles.